The van der Waals surface area contributed by atoms with Crippen LogP contribution in [-0.2, 0) is 14.8 Å². The average Bonchev–Trinajstić information content (AvgIpc) is 2.73. The maximum absolute atomic E-state index is 12.8. The standard InChI is InChI=1S/C21H20N2O4S2/c1-15-8-10-18(11-9-15)29(25,26)22-20(28-3)19(21(24)27-2)23-13-12-16-6-4-5-7-17(16)14-23/h4-14H,1-3H3. The number of pyridine rings is 1. The second kappa shape index (κ2) is 8.67. The van der Waals surface area contributed by atoms with Crippen molar-refractivity contribution in [1.82, 2.24) is 0 Å². The van der Waals surface area contributed by atoms with Crippen molar-refractivity contribution in [2.45, 2.75) is 11.8 Å². The third-order valence-electron chi connectivity index (χ3n) is 4.24. The van der Waals surface area contributed by atoms with E-state index in [1.54, 1.807) is 30.8 Å². The van der Waals surface area contributed by atoms with Crippen LogP contribution in [0.2, 0.25) is 0 Å². The molecule has 1 heterocycles. The van der Waals surface area contributed by atoms with Gasteiger partial charge in [-0.1, -0.05) is 35.9 Å². The number of ether oxygens (including phenoxy) is 1. The minimum atomic E-state index is -4.00. The highest BCUT2D eigenvalue weighted by Gasteiger charge is 2.24. The number of aryl methyl sites for hydroxylation is 1. The van der Waals surface area contributed by atoms with Crippen LogP contribution in [0, 0.1) is 6.92 Å². The van der Waals surface area contributed by atoms with Gasteiger partial charge in [-0.15, -0.1) is 16.2 Å². The molecule has 0 spiro atoms. The summed E-state index contributed by atoms with van der Waals surface area (Å²) >= 11 is 1.06. The Bertz CT molecular complexity index is 1200. The summed E-state index contributed by atoms with van der Waals surface area (Å²) in [6.45, 7) is 1.87. The van der Waals surface area contributed by atoms with Crippen LogP contribution in [0.5, 0.6) is 0 Å². The normalized spacial score (nSPS) is 13.3. The minimum absolute atomic E-state index is 0.0291. The van der Waals surface area contributed by atoms with Gasteiger partial charge in [0.1, 0.15) is 5.95 Å². The number of hydrogen-bond acceptors (Lipinski definition) is 5. The van der Waals surface area contributed by atoms with E-state index in [9.17, 15) is 13.5 Å². The molecule has 0 fully saturated rings. The molecule has 2 aromatic carbocycles. The quantitative estimate of drug-likeness (QED) is 0.270. The van der Waals surface area contributed by atoms with Gasteiger partial charge in [-0.3, -0.25) is 0 Å². The fourth-order valence-corrected chi connectivity index (χ4v) is 4.59. The maximum atomic E-state index is 12.8. The molecule has 0 aliphatic rings. The van der Waals surface area contributed by atoms with Crippen molar-refractivity contribution in [2.24, 2.45) is 4.40 Å². The zero-order valence-corrected chi connectivity index (χ0v) is 17.8. The van der Waals surface area contributed by atoms with E-state index in [4.69, 9.17) is 4.74 Å². The number of benzene rings is 2. The zero-order valence-electron chi connectivity index (χ0n) is 16.2. The zero-order chi connectivity index (χ0) is 21.0. The predicted octanol–water partition coefficient (Wildman–Crippen LogP) is 2.72. The molecular weight excluding hydrogens is 408 g/mol. The highest BCUT2D eigenvalue weighted by atomic mass is 32.2. The molecule has 0 unspecified atom stereocenters. The van der Waals surface area contributed by atoms with E-state index < -0.39 is 16.0 Å². The lowest BCUT2D eigenvalue weighted by molar-refractivity contribution is -0.581. The lowest BCUT2D eigenvalue weighted by atomic mass is 10.2. The van der Waals surface area contributed by atoms with Crippen molar-refractivity contribution in [3.63, 3.8) is 0 Å². The summed E-state index contributed by atoms with van der Waals surface area (Å²) in [5, 5.41) is 14.5. The van der Waals surface area contributed by atoms with Crippen molar-refractivity contribution in [2.75, 3.05) is 13.4 Å². The third-order valence-corrected chi connectivity index (χ3v) is 6.32. The van der Waals surface area contributed by atoms with Gasteiger partial charge in [0.25, 0.3) is 15.7 Å². The predicted molar refractivity (Wildman–Crippen MR) is 114 cm³/mol. The molecule has 0 aliphatic carbocycles. The van der Waals surface area contributed by atoms with Crippen molar-refractivity contribution in [3.8, 4) is 0 Å². The van der Waals surface area contributed by atoms with Crippen LogP contribution in [0.1, 0.15) is 5.56 Å². The molecule has 0 bridgehead atoms. The monoisotopic (exact) mass is 428 g/mol. The van der Waals surface area contributed by atoms with Crippen LogP contribution in [0.15, 0.2) is 82.2 Å². The first kappa shape index (κ1) is 20.9. The van der Waals surface area contributed by atoms with E-state index in [1.807, 2.05) is 37.3 Å². The Morgan fingerprint density at radius 2 is 1.72 bits per heavy atom. The first-order valence-electron chi connectivity index (χ1n) is 8.67. The van der Waals surface area contributed by atoms with Crippen LogP contribution in [0.25, 0.3) is 16.5 Å². The number of nitrogens with zero attached hydrogens (tertiary/aromatic N) is 2. The van der Waals surface area contributed by atoms with Gasteiger partial charge in [-0.05, 0) is 43.9 Å². The lowest BCUT2D eigenvalue weighted by Gasteiger charge is -2.13. The van der Waals surface area contributed by atoms with Gasteiger partial charge in [0.2, 0.25) is 0 Å². The van der Waals surface area contributed by atoms with Crippen molar-refractivity contribution >= 4 is 43.3 Å². The van der Waals surface area contributed by atoms with E-state index in [-0.39, 0.29) is 15.6 Å². The fourth-order valence-electron chi connectivity index (χ4n) is 2.72. The molecule has 0 atom stereocenters. The largest absolute Gasteiger partial charge is 0.612 e. The second-order valence-corrected chi connectivity index (χ2v) is 8.61. The van der Waals surface area contributed by atoms with Crippen LogP contribution < -0.4 is 9.67 Å². The Labute approximate surface area is 174 Å². The van der Waals surface area contributed by atoms with Gasteiger partial charge in [-0.25, -0.2) is 0 Å². The van der Waals surface area contributed by atoms with Crippen LogP contribution in [0.3, 0.4) is 0 Å². The number of sulfonamides is 1. The second-order valence-electron chi connectivity index (χ2n) is 6.21. The number of methoxy groups -OCH3 is 1. The van der Waals surface area contributed by atoms with Gasteiger partial charge >= 0.3 is 0 Å². The molecule has 29 heavy (non-hydrogen) atoms. The van der Waals surface area contributed by atoms with Crippen molar-refractivity contribution in [1.29, 1.82) is 0 Å². The smallest absolute Gasteiger partial charge is 0.283 e. The summed E-state index contributed by atoms with van der Waals surface area (Å²) in [4.78, 5) is 0.0578. The summed E-state index contributed by atoms with van der Waals surface area (Å²) in [5.41, 5.74) is 0.966. The molecule has 1 aromatic heterocycles. The Kier molecular flexibility index (Phi) is 6.24. The molecule has 8 heteroatoms. The molecule has 6 nitrogen and oxygen atoms in total. The molecular formula is C21H20N2O4S2. The summed E-state index contributed by atoms with van der Waals surface area (Å²) in [7, 11) is -2.75. The third kappa shape index (κ3) is 4.60. The van der Waals surface area contributed by atoms with Crippen molar-refractivity contribution in [3.05, 3.63) is 78.5 Å². The van der Waals surface area contributed by atoms with E-state index >= 15 is 0 Å². The van der Waals surface area contributed by atoms with Gasteiger partial charge in [0.15, 0.2) is 17.4 Å². The lowest BCUT2D eigenvalue weighted by Crippen LogP contribution is -2.38. The molecule has 0 radical (unpaired) electrons. The van der Waals surface area contributed by atoms with Gasteiger partial charge < -0.3 is 9.84 Å². The number of aromatic nitrogens is 1. The number of hydrogen-bond donors (Lipinski definition) is 0. The molecule has 3 aromatic rings. The Morgan fingerprint density at radius 1 is 1.07 bits per heavy atom. The summed E-state index contributed by atoms with van der Waals surface area (Å²) in [5.74, 6) is -0.683. The van der Waals surface area contributed by atoms with Crippen molar-refractivity contribution < 1.29 is 22.8 Å². The number of rotatable bonds is 5. The molecule has 3 rings (SSSR count). The first-order valence-corrected chi connectivity index (χ1v) is 11.3. The maximum Gasteiger partial charge on any atom is 0.283 e. The Morgan fingerprint density at radius 3 is 2.34 bits per heavy atom. The fraction of sp³-hybridized carbons (Fsp3) is 0.143. The molecule has 0 saturated carbocycles. The average molecular weight is 429 g/mol. The first-order chi connectivity index (χ1) is 13.9. The van der Waals surface area contributed by atoms with E-state index in [1.165, 1.54) is 23.8 Å². The van der Waals surface area contributed by atoms with E-state index in [2.05, 4.69) is 4.40 Å². The van der Waals surface area contributed by atoms with Crippen LogP contribution in [-0.4, -0.2) is 26.8 Å². The number of fused-ring (bicyclic) bond motifs is 1. The molecule has 0 aliphatic heterocycles. The van der Waals surface area contributed by atoms with Gasteiger partial charge in [-0.2, -0.15) is 13.0 Å². The summed E-state index contributed by atoms with van der Waals surface area (Å²) in [6, 6.07) is 15.9. The van der Waals surface area contributed by atoms with Crippen LogP contribution >= 0.6 is 11.8 Å². The molecule has 150 valence electrons. The minimum Gasteiger partial charge on any atom is -0.612 e. The summed E-state index contributed by atoms with van der Waals surface area (Å²) < 4.78 is 36.0. The number of thioether (sulfide) groups is 1. The molecule has 0 N–H and O–H groups in total. The highest BCUT2D eigenvalue weighted by Crippen LogP contribution is 2.20. The van der Waals surface area contributed by atoms with E-state index in [0.29, 0.717) is 0 Å². The SMILES string of the molecule is CO/C([O-])=C(\C(=N\S(=O)(=O)c1ccc(C)cc1)SC)[n+]1ccc2ccccc2c1. The van der Waals surface area contributed by atoms with E-state index in [0.717, 1.165) is 28.1 Å². The molecule has 0 saturated heterocycles. The Hall–Kier alpha value is -2.84. The molecule has 0 amide bonds. The van der Waals surface area contributed by atoms with Gasteiger partial charge in [0.05, 0.1) is 4.90 Å². The topological polar surface area (TPSA) is 82.7 Å². The highest BCUT2D eigenvalue weighted by molar-refractivity contribution is 8.15. The Balaban J connectivity index is 2.16. The van der Waals surface area contributed by atoms with Gasteiger partial charge in [0, 0.05) is 11.5 Å². The van der Waals surface area contributed by atoms with Crippen LogP contribution in [0.4, 0.5) is 0 Å². The summed E-state index contributed by atoms with van der Waals surface area (Å²) in [6.07, 6.45) is 5.08.